The van der Waals surface area contributed by atoms with Crippen LogP contribution in [0.3, 0.4) is 0 Å². The maximum atomic E-state index is 14.4. The lowest BCUT2D eigenvalue weighted by Crippen LogP contribution is -2.48. The van der Waals surface area contributed by atoms with Gasteiger partial charge in [0.1, 0.15) is 11.5 Å². The lowest BCUT2D eigenvalue weighted by atomic mass is 10.0. The van der Waals surface area contributed by atoms with E-state index in [1.165, 1.54) is 53.7 Å². The van der Waals surface area contributed by atoms with Crippen molar-refractivity contribution in [2.75, 3.05) is 45.2 Å². The van der Waals surface area contributed by atoms with Crippen molar-refractivity contribution in [3.05, 3.63) is 78.4 Å². The Hall–Kier alpha value is -3.69. The third-order valence-electron chi connectivity index (χ3n) is 8.56. The van der Waals surface area contributed by atoms with E-state index in [1.807, 2.05) is 13.8 Å². The van der Waals surface area contributed by atoms with Crippen LogP contribution in [0.4, 0.5) is 5.69 Å². The Morgan fingerprint density at radius 3 is 2.35 bits per heavy atom. The highest BCUT2D eigenvalue weighted by atomic mass is 32.2. The molecule has 0 fully saturated rings. The second-order valence-electron chi connectivity index (χ2n) is 12.4. The molecule has 0 radical (unpaired) electrons. The fourth-order valence-corrected chi connectivity index (χ4v) is 7.80. The van der Waals surface area contributed by atoms with E-state index >= 15 is 0 Å². The highest BCUT2D eigenvalue weighted by Crippen LogP contribution is 2.30. The highest BCUT2D eigenvalue weighted by Gasteiger charge is 2.32. The van der Waals surface area contributed by atoms with Crippen LogP contribution in [-0.2, 0) is 24.8 Å². The molecule has 1 amide bonds. The van der Waals surface area contributed by atoms with Gasteiger partial charge in [-0.3, -0.25) is 9.52 Å². The molecule has 0 bridgehead atoms. The quantitative estimate of drug-likeness (QED) is 0.306. The van der Waals surface area contributed by atoms with E-state index in [0.29, 0.717) is 25.2 Å². The normalized spacial score (nSPS) is 20.5. The Kier molecular flexibility index (Phi) is 13.1. The molecule has 0 aliphatic carbocycles. The summed E-state index contributed by atoms with van der Waals surface area (Å²) in [6.45, 7) is 5.63. The standard InChI is InChI=1S/C35H47N3O9S2/c1-25-22-38(26(2)24-39)35(40)32-21-28(36-48(41,42)30-12-7-6-8-13-30)14-19-33(32)47-27(3)11-9-10-20-46-34(25)23-37(4)49(43,44)31-17-15-29(45-5)16-18-31/h6-8,12-19,21,25-27,34,36,39H,9-11,20,22-24H2,1-5H3/t25-,26-,27+,34+/m1/s1. The van der Waals surface area contributed by atoms with Crippen LogP contribution < -0.4 is 14.2 Å². The first kappa shape index (κ1) is 38.1. The number of carbonyl (C=O) groups is 1. The molecule has 3 aromatic carbocycles. The number of sulfonamides is 2. The number of nitrogens with zero attached hydrogens (tertiary/aromatic N) is 2. The van der Waals surface area contributed by atoms with Crippen molar-refractivity contribution < 1.29 is 40.9 Å². The van der Waals surface area contributed by atoms with E-state index in [-0.39, 0.29) is 58.5 Å². The number of aliphatic hydroxyl groups excluding tert-OH is 1. The summed E-state index contributed by atoms with van der Waals surface area (Å²) in [4.78, 5) is 16.0. The van der Waals surface area contributed by atoms with Crippen molar-refractivity contribution in [2.45, 2.75) is 68.1 Å². The van der Waals surface area contributed by atoms with Crippen molar-refractivity contribution >= 4 is 31.6 Å². The van der Waals surface area contributed by atoms with Crippen LogP contribution in [0, 0.1) is 5.92 Å². The van der Waals surface area contributed by atoms with Gasteiger partial charge in [0.2, 0.25) is 10.0 Å². The zero-order valence-electron chi connectivity index (χ0n) is 28.6. The number of benzene rings is 3. The van der Waals surface area contributed by atoms with Crippen LogP contribution in [0.5, 0.6) is 11.5 Å². The minimum absolute atomic E-state index is 0.0204. The van der Waals surface area contributed by atoms with Crippen molar-refractivity contribution in [2.24, 2.45) is 5.92 Å². The van der Waals surface area contributed by atoms with Crippen LogP contribution in [0.25, 0.3) is 0 Å². The second-order valence-corrected chi connectivity index (χ2v) is 16.1. The summed E-state index contributed by atoms with van der Waals surface area (Å²) in [6, 6.07) is 18.0. The fourth-order valence-electron chi connectivity index (χ4n) is 5.54. The van der Waals surface area contributed by atoms with Gasteiger partial charge in [-0.05, 0) is 87.7 Å². The molecule has 0 unspecified atom stereocenters. The smallest absolute Gasteiger partial charge is 0.261 e. The lowest BCUT2D eigenvalue weighted by Gasteiger charge is -2.35. The minimum Gasteiger partial charge on any atom is -0.497 e. The van der Waals surface area contributed by atoms with Crippen LogP contribution in [0.1, 0.15) is 50.4 Å². The molecule has 1 aliphatic rings. The molecular weight excluding hydrogens is 671 g/mol. The summed E-state index contributed by atoms with van der Waals surface area (Å²) in [5.74, 6) is -0.0312. The van der Waals surface area contributed by atoms with Gasteiger partial charge in [-0.1, -0.05) is 25.1 Å². The lowest BCUT2D eigenvalue weighted by molar-refractivity contribution is -0.00833. The molecular formula is C35H47N3O9S2. The number of aliphatic hydroxyl groups is 1. The number of rotatable bonds is 10. The Morgan fingerprint density at radius 2 is 1.69 bits per heavy atom. The summed E-state index contributed by atoms with van der Waals surface area (Å²) >= 11 is 0. The van der Waals surface area contributed by atoms with Crippen LogP contribution >= 0.6 is 0 Å². The van der Waals surface area contributed by atoms with E-state index in [0.717, 1.165) is 6.42 Å². The van der Waals surface area contributed by atoms with E-state index in [9.17, 15) is 26.7 Å². The molecule has 1 aliphatic heterocycles. The molecule has 0 saturated carbocycles. The number of hydrogen-bond acceptors (Lipinski definition) is 9. The van der Waals surface area contributed by atoms with Crippen molar-refractivity contribution in [1.82, 2.24) is 9.21 Å². The Labute approximate surface area is 290 Å². The molecule has 4 atom stereocenters. The molecule has 12 nitrogen and oxygen atoms in total. The SMILES string of the molecule is COc1ccc(S(=O)(=O)N(C)C[C@@H]2OCCCC[C@H](C)Oc3ccc(NS(=O)(=O)c4ccccc4)cc3C(=O)N([C@H](C)CO)C[C@H]2C)cc1. The molecule has 0 spiro atoms. The van der Waals surface area contributed by atoms with E-state index in [2.05, 4.69) is 4.72 Å². The zero-order chi connectivity index (χ0) is 35.8. The van der Waals surface area contributed by atoms with Gasteiger partial charge in [-0.15, -0.1) is 0 Å². The minimum atomic E-state index is -3.95. The largest absolute Gasteiger partial charge is 0.497 e. The summed E-state index contributed by atoms with van der Waals surface area (Å²) in [7, 11) is -4.82. The maximum absolute atomic E-state index is 14.4. The third-order valence-corrected chi connectivity index (χ3v) is 11.8. The third kappa shape index (κ3) is 9.73. The average Bonchev–Trinajstić information content (AvgIpc) is 3.09. The van der Waals surface area contributed by atoms with Gasteiger partial charge in [0.15, 0.2) is 0 Å². The van der Waals surface area contributed by atoms with Gasteiger partial charge < -0.3 is 24.2 Å². The Balaban J connectivity index is 1.66. The van der Waals surface area contributed by atoms with Gasteiger partial charge >= 0.3 is 0 Å². The van der Waals surface area contributed by atoms with Crippen LogP contribution in [-0.4, -0.2) is 95.8 Å². The fraction of sp³-hybridized carbons (Fsp3) is 0.457. The van der Waals surface area contributed by atoms with Gasteiger partial charge in [0, 0.05) is 38.3 Å². The second kappa shape index (κ2) is 16.8. The van der Waals surface area contributed by atoms with E-state index < -0.39 is 38.1 Å². The summed E-state index contributed by atoms with van der Waals surface area (Å²) in [5.41, 5.74) is 0.297. The Morgan fingerprint density at radius 1 is 1.00 bits per heavy atom. The maximum Gasteiger partial charge on any atom is 0.261 e. The van der Waals surface area contributed by atoms with Gasteiger partial charge in [0.25, 0.3) is 15.9 Å². The molecule has 268 valence electrons. The van der Waals surface area contributed by atoms with Gasteiger partial charge in [-0.25, -0.2) is 16.8 Å². The number of ether oxygens (including phenoxy) is 3. The number of amides is 1. The number of nitrogens with one attached hydrogen (secondary N) is 1. The number of methoxy groups -OCH3 is 1. The molecule has 0 aromatic heterocycles. The molecule has 4 rings (SSSR count). The molecule has 49 heavy (non-hydrogen) atoms. The number of fused-ring (bicyclic) bond motifs is 1. The predicted octanol–water partition coefficient (Wildman–Crippen LogP) is 4.61. The molecule has 2 N–H and O–H groups in total. The first-order chi connectivity index (χ1) is 23.3. The summed E-state index contributed by atoms with van der Waals surface area (Å²) in [5, 5.41) is 10.2. The topological polar surface area (TPSA) is 152 Å². The van der Waals surface area contributed by atoms with Crippen molar-refractivity contribution in [1.29, 1.82) is 0 Å². The summed E-state index contributed by atoms with van der Waals surface area (Å²) < 4.78 is 74.8. The Bertz CT molecular complexity index is 1750. The summed E-state index contributed by atoms with van der Waals surface area (Å²) in [6.07, 6.45) is 1.24. The number of likely N-dealkylation sites (N-methyl/N-ethyl adjacent to an activating group) is 1. The van der Waals surface area contributed by atoms with Gasteiger partial charge in [-0.2, -0.15) is 4.31 Å². The van der Waals surface area contributed by atoms with Gasteiger partial charge in [0.05, 0.1) is 47.3 Å². The first-order valence-electron chi connectivity index (χ1n) is 16.3. The molecule has 1 heterocycles. The van der Waals surface area contributed by atoms with Crippen molar-refractivity contribution in [3.63, 3.8) is 0 Å². The zero-order valence-corrected chi connectivity index (χ0v) is 30.2. The molecule has 3 aromatic rings. The average molecular weight is 718 g/mol. The molecule has 0 saturated heterocycles. The monoisotopic (exact) mass is 717 g/mol. The number of carbonyl (C=O) groups excluding carboxylic acids is 1. The highest BCUT2D eigenvalue weighted by molar-refractivity contribution is 7.92. The van der Waals surface area contributed by atoms with Crippen LogP contribution in [0.15, 0.2) is 82.6 Å². The van der Waals surface area contributed by atoms with E-state index in [1.54, 1.807) is 49.4 Å². The first-order valence-corrected chi connectivity index (χ1v) is 19.2. The van der Waals surface area contributed by atoms with Crippen molar-refractivity contribution in [3.8, 4) is 11.5 Å². The molecule has 14 heteroatoms. The van der Waals surface area contributed by atoms with Crippen LogP contribution in [0.2, 0.25) is 0 Å². The number of hydrogen-bond donors (Lipinski definition) is 2. The van der Waals surface area contributed by atoms with E-state index in [4.69, 9.17) is 14.2 Å². The number of anilines is 1. The predicted molar refractivity (Wildman–Crippen MR) is 187 cm³/mol.